The quantitative estimate of drug-likeness (QED) is 0.843. The van der Waals surface area contributed by atoms with Gasteiger partial charge in [-0.25, -0.2) is 0 Å². The summed E-state index contributed by atoms with van der Waals surface area (Å²) in [6, 6.07) is 0. The van der Waals surface area contributed by atoms with Gasteiger partial charge in [-0.15, -0.1) is 0 Å². The molecule has 0 aromatic heterocycles. The molecule has 2 rings (SSSR count). The molecule has 2 atom stereocenters. The fourth-order valence-electron chi connectivity index (χ4n) is 2.88. The third-order valence-electron chi connectivity index (χ3n) is 4.08. The first-order valence-corrected chi connectivity index (χ1v) is 7.29. The number of nitrogens with zero attached hydrogens (tertiary/aromatic N) is 1. The average Bonchev–Trinajstić information content (AvgIpc) is 2.46. The largest absolute Gasteiger partial charge is 0.481 e. The SMILES string of the molecule is O=C(O)[C@H]1CCCN(C(=O)CC[C@@H]2CCCCO2)C1. The molecule has 0 aromatic rings. The zero-order valence-corrected chi connectivity index (χ0v) is 11.3. The molecule has 5 heteroatoms. The summed E-state index contributed by atoms with van der Waals surface area (Å²) >= 11 is 0. The Morgan fingerprint density at radius 3 is 2.74 bits per heavy atom. The molecule has 0 unspecified atom stereocenters. The zero-order valence-electron chi connectivity index (χ0n) is 11.3. The van der Waals surface area contributed by atoms with Crippen molar-refractivity contribution in [3.8, 4) is 0 Å². The van der Waals surface area contributed by atoms with E-state index in [1.165, 1.54) is 6.42 Å². The van der Waals surface area contributed by atoms with Gasteiger partial charge in [-0.2, -0.15) is 0 Å². The van der Waals surface area contributed by atoms with Crippen molar-refractivity contribution >= 4 is 11.9 Å². The van der Waals surface area contributed by atoms with Crippen LogP contribution in [-0.2, 0) is 14.3 Å². The number of carbonyl (C=O) groups excluding carboxylic acids is 1. The molecule has 0 radical (unpaired) electrons. The summed E-state index contributed by atoms with van der Waals surface area (Å²) < 4.78 is 5.61. The van der Waals surface area contributed by atoms with Crippen molar-refractivity contribution in [2.45, 2.75) is 51.0 Å². The van der Waals surface area contributed by atoms with Crippen LogP contribution in [0.25, 0.3) is 0 Å². The average molecular weight is 269 g/mol. The van der Waals surface area contributed by atoms with Crippen LogP contribution >= 0.6 is 0 Å². The Balaban J connectivity index is 1.74. The fourth-order valence-corrected chi connectivity index (χ4v) is 2.88. The maximum absolute atomic E-state index is 12.1. The molecule has 2 aliphatic heterocycles. The van der Waals surface area contributed by atoms with Gasteiger partial charge in [0.2, 0.25) is 5.91 Å². The number of ether oxygens (including phenoxy) is 1. The second-order valence-corrected chi connectivity index (χ2v) is 5.54. The number of piperidine rings is 1. The van der Waals surface area contributed by atoms with E-state index in [9.17, 15) is 9.59 Å². The number of amides is 1. The molecule has 108 valence electrons. The van der Waals surface area contributed by atoms with Crippen LogP contribution < -0.4 is 0 Å². The molecule has 2 heterocycles. The number of carboxylic acid groups (broad SMARTS) is 1. The molecule has 0 saturated carbocycles. The van der Waals surface area contributed by atoms with Gasteiger partial charge in [0.1, 0.15) is 0 Å². The Kier molecular flexibility index (Phi) is 5.19. The van der Waals surface area contributed by atoms with E-state index in [1.807, 2.05) is 0 Å². The molecule has 2 aliphatic rings. The number of carboxylic acids is 1. The zero-order chi connectivity index (χ0) is 13.7. The lowest BCUT2D eigenvalue weighted by Crippen LogP contribution is -2.42. The van der Waals surface area contributed by atoms with E-state index in [2.05, 4.69) is 0 Å². The van der Waals surface area contributed by atoms with Gasteiger partial charge in [0, 0.05) is 26.1 Å². The van der Waals surface area contributed by atoms with Gasteiger partial charge in [-0.1, -0.05) is 0 Å². The summed E-state index contributed by atoms with van der Waals surface area (Å²) in [6.07, 6.45) is 6.31. The molecule has 1 amide bonds. The smallest absolute Gasteiger partial charge is 0.308 e. The van der Waals surface area contributed by atoms with Crippen LogP contribution in [0, 0.1) is 5.92 Å². The van der Waals surface area contributed by atoms with E-state index in [1.54, 1.807) is 4.90 Å². The Morgan fingerprint density at radius 2 is 2.05 bits per heavy atom. The predicted octanol–water partition coefficient (Wildman–Crippen LogP) is 1.66. The molecular weight excluding hydrogens is 246 g/mol. The van der Waals surface area contributed by atoms with Crippen LogP contribution in [-0.4, -0.2) is 47.7 Å². The van der Waals surface area contributed by atoms with Crippen LogP contribution in [0.4, 0.5) is 0 Å². The molecule has 19 heavy (non-hydrogen) atoms. The van der Waals surface area contributed by atoms with Gasteiger partial charge in [-0.3, -0.25) is 9.59 Å². The van der Waals surface area contributed by atoms with Crippen molar-refractivity contribution in [3.05, 3.63) is 0 Å². The minimum atomic E-state index is -0.784. The molecule has 5 nitrogen and oxygen atoms in total. The molecular formula is C14H23NO4. The first-order chi connectivity index (χ1) is 9.16. The molecule has 0 bridgehead atoms. The third-order valence-corrected chi connectivity index (χ3v) is 4.08. The maximum Gasteiger partial charge on any atom is 0.308 e. The molecule has 0 spiro atoms. The normalized spacial score (nSPS) is 28.1. The number of hydrogen-bond acceptors (Lipinski definition) is 3. The number of aliphatic carboxylic acids is 1. The second kappa shape index (κ2) is 6.89. The van der Waals surface area contributed by atoms with Gasteiger partial charge in [0.05, 0.1) is 12.0 Å². The Hall–Kier alpha value is -1.10. The third kappa shape index (κ3) is 4.20. The molecule has 0 aromatic carbocycles. The highest BCUT2D eigenvalue weighted by atomic mass is 16.5. The number of hydrogen-bond donors (Lipinski definition) is 1. The van der Waals surface area contributed by atoms with Crippen molar-refractivity contribution in [2.24, 2.45) is 5.92 Å². The van der Waals surface area contributed by atoms with Crippen LogP contribution in [0.5, 0.6) is 0 Å². The summed E-state index contributed by atoms with van der Waals surface area (Å²) in [5.41, 5.74) is 0. The van der Waals surface area contributed by atoms with E-state index in [0.717, 1.165) is 32.3 Å². The van der Waals surface area contributed by atoms with Crippen LogP contribution in [0.15, 0.2) is 0 Å². The van der Waals surface area contributed by atoms with Crippen molar-refractivity contribution < 1.29 is 19.4 Å². The van der Waals surface area contributed by atoms with E-state index >= 15 is 0 Å². The minimum absolute atomic E-state index is 0.0834. The topological polar surface area (TPSA) is 66.8 Å². The van der Waals surface area contributed by atoms with Gasteiger partial charge < -0.3 is 14.7 Å². The lowest BCUT2D eigenvalue weighted by Gasteiger charge is -2.31. The van der Waals surface area contributed by atoms with Crippen molar-refractivity contribution in [3.63, 3.8) is 0 Å². The highest BCUT2D eigenvalue weighted by molar-refractivity contribution is 5.78. The second-order valence-electron chi connectivity index (χ2n) is 5.54. The van der Waals surface area contributed by atoms with Crippen molar-refractivity contribution in [2.75, 3.05) is 19.7 Å². The number of carbonyl (C=O) groups is 2. The highest BCUT2D eigenvalue weighted by Gasteiger charge is 2.28. The van der Waals surface area contributed by atoms with Crippen LogP contribution in [0.2, 0.25) is 0 Å². The Morgan fingerprint density at radius 1 is 1.21 bits per heavy atom. The van der Waals surface area contributed by atoms with Crippen molar-refractivity contribution in [1.29, 1.82) is 0 Å². The highest BCUT2D eigenvalue weighted by Crippen LogP contribution is 2.20. The van der Waals surface area contributed by atoms with E-state index in [4.69, 9.17) is 9.84 Å². The maximum atomic E-state index is 12.1. The number of rotatable bonds is 4. The first kappa shape index (κ1) is 14.3. The summed E-state index contributed by atoms with van der Waals surface area (Å²) in [7, 11) is 0. The van der Waals surface area contributed by atoms with Gasteiger partial charge in [-0.05, 0) is 38.5 Å². The molecule has 2 saturated heterocycles. The summed E-state index contributed by atoms with van der Waals surface area (Å²) in [4.78, 5) is 24.8. The Bertz CT molecular complexity index is 325. The van der Waals surface area contributed by atoms with Crippen LogP contribution in [0.1, 0.15) is 44.9 Å². The van der Waals surface area contributed by atoms with Gasteiger partial charge in [0.25, 0.3) is 0 Å². The van der Waals surface area contributed by atoms with E-state index in [-0.39, 0.29) is 17.9 Å². The summed E-state index contributed by atoms with van der Waals surface area (Å²) in [5, 5.41) is 9.01. The van der Waals surface area contributed by atoms with E-state index in [0.29, 0.717) is 25.9 Å². The van der Waals surface area contributed by atoms with E-state index < -0.39 is 5.97 Å². The van der Waals surface area contributed by atoms with Crippen LogP contribution in [0.3, 0.4) is 0 Å². The number of likely N-dealkylation sites (tertiary alicyclic amines) is 1. The Labute approximate surface area is 113 Å². The van der Waals surface area contributed by atoms with Crippen molar-refractivity contribution in [1.82, 2.24) is 4.90 Å². The fraction of sp³-hybridized carbons (Fsp3) is 0.857. The standard InChI is InChI=1S/C14H23NO4/c16-13(7-6-12-5-1-2-9-19-12)15-8-3-4-11(10-15)14(17)18/h11-12H,1-10H2,(H,17,18)/t11-,12-/m0/s1. The van der Waals surface area contributed by atoms with Gasteiger partial charge >= 0.3 is 5.97 Å². The van der Waals surface area contributed by atoms with Gasteiger partial charge in [0.15, 0.2) is 0 Å². The molecule has 0 aliphatic carbocycles. The lowest BCUT2D eigenvalue weighted by atomic mass is 9.97. The monoisotopic (exact) mass is 269 g/mol. The summed E-state index contributed by atoms with van der Waals surface area (Å²) in [6.45, 7) is 1.89. The predicted molar refractivity (Wildman–Crippen MR) is 69.8 cm³/mol. The minimum Gasteiger partial charge on any atom is -0.481 e. The molecule has 1 N–H and O–H groups in total. The lowest BCUT2D eigenvalue weighted by molar-refractivity contribution is -0.145. The first-order valence-electron chi connectivity index (χ1n) is 7.29. The summed E-state index contributed by atoms with van der Waals surface area (Å²) in [5.74, 6) is -1.09. The molecule has 2 fully saturated rings.